The molecule has 7 heteroatoms. The second-order valence-electron chi connectivity index (χ2n) is 10.2. The van der Waals surface area contributed by atoms with E-state index >= 15 is 0 Å². The van der Waals surface area contributed by atoms with Gasteiger partial charge >= 0.3 is 0 Å². The lowest BCUT2D eigenvalue weighted by molar-refractivity contribution is 0.1000. The highest BCUT2D eigenvalue weighted by molar-refractivity contribution is 5.92. The van der Waals surface area contributed by atoms with Crippen molar-refractivity contribution in [3.63, 3.8) is 0 Å². The van der Waals surface area contributed by atoms with Gasteiger partial charge in [-0.3, -0.25) is 14.7 Å². The number of para-hydroxylation sites is 1. The molecule has 0 atom stereocenters. The molecule has 2 aromatic heterocycles. The van der Waals surface area contributed by atoms with Crippen LogP contribution in [0.5, 0.6) is 0 Å². The molecule has 1 fully saturated rings. The number of piperazine rings is 1. The van der Waals surface area contributed by atoms with E-state index in [-0.39, 0.29) is 5.41 Å². The molecule has 3 heterocycles. The number of imidazole rings is 1. The maximum absolute atomic E-state index is 11.5. The van der Waals surface area contributed by atoms with Crippen molar-refractivity contribution in [3.8, 4) is 11.4 Å². The largest absolute Gasteiger partial charge is 0.367 e. The number of benzene rings is 2. The number of hydrogen-bond acceptors (Lipinski definition) is 5. The number of nitrogens with one attached hydrogen (secondary N) is 1. The summed E-state index contributed by atoms with van der Waals surface area (Å²) >= 11 is 0. The standard InChI is InChI=1S/C28H32N6O/c1-28(2,3)21-9-7-19(8-10-21)27-31-23-5-4-6-24(25(23)32-27)34-15-13-33(14-16-34)18-22-17-20(26(29)35)11-12-30-22/h4-12,17H,13-16,18H2,1-3H3,(H2,29,35)(H,31,32). The molecule has 1 aliphatic heterocycles. The number of fused-ring (bicyclic) bond motifs is 1. The molecule has 0 spiro atoms. The number of nitrogens with zero attached hydrogens (tertiary/aromatic N) is 4. The molecule has 5 rings (SSSR count). The molecule has 0 aliphatic carbocycles. The molecule has 2 aromatic carbocycles. The van der Waals surface area contributed by atoms with Gasteiger partial charge in [0, 0.05) is 50.0 Å². The van der Waals surface area contributed by atoms with Gasteiger partial charge in [-0.1, -0.05) is 51.1 Å². The first-order chi connectivity index (χ1) is 16.8. The van der Waals surface area contributed by atoms with Crippen molar-refractivity contribution in [2.75, 3.05) is 31.1 Å². The fraction of sp³-hybridized carbons (Fsp3) is 0.321. The van der Waals surface area contributed by atoms with Crippen LogP contribution in [0.2, 0.25) is 0 Å². The van der Waals surface area contributed by atoms with Crippen LogP contribution in [0.3, 0.4) is 0 Å². The van der Waals surface area contributed by atoms with Crippen molar-refractivity contribution in [1.29, 1.82) is 0 Å². The smallest absolute Gasteiger partial charge is 0.248 e. The van der Waals surface area contributed by atoms with E-state index in [9.17, 15) is 4.79 Å². The average molecular weight is 469 g/mol. The Bertz CT molecular complexity index is 1340. The molecule has 7 nitrogen and oxygen atoms in total. The van der Waals surface area contributed by atoms with Crippen LogP contribution in [0.1, 0.15) is 42.4 Å². The van der Waals surface area contributed by atoms with Crippen LogP contribution in [0.4, 0.5) is 5.69 Å². The van der Waals surface area contributed by atoms with Gasteiger partial charge in [0.15, 0.2) is 0 Å². The second-order valence-corrected chi connectivity index (χ2v) is 10.2. The molecule has 3 N–H and O–H groups in total. The molecule has 0 saturated carbocycles. The maximum Gasteiger partial charge on any atom is 0.248 e. The molecule has 180 valence electrons. The van der Waals surface area contributed by atoms with Crippen molar-refractivity contribution in [3.05, 3.63) is 77.6 Å². The number of nitrogens with two attached hydrogens (primary N) is 1. The summed E-state index contributed by atoms with van der Waals surface area (Å²) in [5, 5.41) is 0. The number of amides is 1. The maximum atomic E-state index is 11.5. The molecule has 1 saturated heterocycles. The Morgan fingerprint density at radius 3 is 2.46 bits per heavy atom. The molecule has 1 amide bonds. The van der Waals surface area contributed by atoms with Crippen molar-refractivity contribution in [1.82, 2.24) is 19.9 Å². The first-order valence-electron chi connectivity index (χ1n) is 12.1. The third-order valence-corrected chi connectivity index (χ3v) is 6.72. The van der Waals surface area contributed by atoms with E-state index in [1.807, 2.05) is 0 Å². The number of primary amides is 1. The van der Waals surface area contributed by atoms with Crippen LogP contribution < -0.4 is 10.6 Å². The quantitative estimate of drug-likeness (QED) is 0.455. The molecule has 0 unspecified atom stereocenters. The van der Waals surface area contributed by atoms with Gasteiger partial charge in [0.1, 0.15) is 5.82 Å². The Hall–Kier alpha value is -3.71. The SMILES string of the molecule is CC(C)(C)c1ccc(-c2nc3cccc(N4CCN(Cc5cc(C(N)=O)ccn5)CC4)c3[nH]2)cc1. The van der Waals surface area contributed by atoms with E-state index in [0.29, 0.717) is 12.1 Å². The molecular weight excluding hydrogens is 436 g/mol. The highest BCUT2D eigenvalue weighted by atomic mass is 16.1. The summed E-state index contributed by atoms with van der Waals surface area (Å²) in [6, 6.07) is 18.4. The Kier molecular flexibility index (Phi) is 6.03. The minimum atomic E-state index is -0.421. The van der Waals surface area contributed by atoms with Gasteiger partial charge in [-0.15, -0.1) is 0 Å². The third-order valence-electron chi connectivity index (χ3n) is 6.72. The monoisotopic (exact) mass is 468 g/mol. The number of aromatic nitrogens is 3. The molecule has 0 radical (unpaired) electrons. The van der Waals surface area contributed by atoms with E-state index < -0.39 is 5.91 Å². The van der Waals surface area contributed by atoms with E-state index in [0.717, 1.165) is 54.3 Å². The van der Waals surface area contributed by atoms with Crippen molar-refractivity contribution in [2.24, 2.45) is 5.73 Å². The van der Waals surface area contributed by atoms with Crippen molar-refractivity contribution >= 4 is 22.6 Å². The van der Waals surface area contributed by atoms with Crippen LogP contribution in [-0.2, 0) is 12.0 Å². The average Bonchev–Trinajstić information content (AvgIpc) is 3.29. The summed E-state index contributed by atoms with van der Waals surface area (Å²) in [5.41, 5.74) is 12.6. The summed E-state index contributed by atoms with van der Waals surface area (Å²) in [7, 11) is 0. The van der Waals surface area contributed by atoms with E-state index in [2.05, 4.69) is 83.0 Å². The third kappa shape index (κ3) is 4.91. The van der Waals surface area contributed by atoms with Gasteiger partial charge < -0.3 is 15.6 Å². The summed E-state index contributed by atoms with van der Waals surface area (Å²) < 4.78 is 0. The normalized spacial score (nSPS) is 15.0. The minimum absolute atomic E-state index is 0.127. The van der Waals surface area contributed by atoms with Gasteiger partial charge in [-0.05, 0) is 35.2 Å². The number of pyridine rings is 1. The summed E-state index contributed by atoms with van der Waals surface area (Å²) in [4.78, 5) is 29.1. The highest BCUT2D eigenvalue weighted by Crippen LogP contribution is 2.30. The zero-order valence-electron chi connectivity index (χ0n) is 20.6. The van der Waals surface area contributed by atoms with E-state index in [1.165, 1.54) is 11.3 Å². The molecule has 1 aliphatic rings. The zero-order chi connectivity index (χ0) is 24.6. The summed E-state index contributed by atoms with van der Waals surface area (Å²) in [6.45, 7) is 11.0. The Morgan fingerprint density at radius 2 is 1.77 bits per heavy atom. The highest BCUT2D eigenvalue weighted by Gasteiger charge is 2.21. The van der Waals surface area contributed by atoms with Gasteiger partial charge in [0.05, 0.1) is 22.4 Å². The van der Waals surface area contributed by atoms with Crippen LogP contribution in [0, 0.1) is 0 Å². The van der Waals surface area contributed by atoms with Crippen LogP contribution in [0.15, 0.2) is 60.8 Å². The number of aromatic amines is 1. The lowest BCUT2D eigenvalue weighted by Crippen LogP contribution is -2.46. The Balaban J connectivity index is 1.31. The van der Waals surface area contributed by atoms with Gasteiger partial charge in [-0.2, -0.15) is 0 Å². The predicted molar refractivity (Wildman–Crippen MR) is 140 cm³/mol. The first kappa shape index (κ1) is 23.1. The molecule has 0 bridgehead atoms. The molecule has 4 aromatic rings. The van der Waals surface area contributed by atoms with Gasteiger partial charge in [-0.25, -0.2) is 4.98 Å². The number of anilines is 1. The Morgan fingerprint density at radius 1 is 1.03 bits per heavy atom. The van der Waals surface area contributed by atoms with Crippen molar-refractivity contribution in [2.45, 2.75) is 32.7 Å². The van der Waals surface area contributed by atoms with Gasteiger partial charge in [0.25, 0.3) is 0 Å². The number of hydrogen-bond donors (Lipinski definition) is 2. The predicted octanol–water partition coefficient (Wildman–Crippen LogP) is 4.34. The number of H-pyrrole nitrogens is 1. The summed E-state index contributed by atoms with van der Waals surface area (Å²) in [5.74, 6) is 0.475. The number of carbonyl (C=O) groups is 1. The van der Waals surface area contributed by atoms with Gasteiger partial charge in [0.2, 0.25) is 5.91 Å². The summed E-state index contributed by atoms with van der Waals surface area (Å²) in [6.07, 6.45) is 1.65. The lowest BCUT2D eigenvalue weighted by Gasteiger charge is -2.36. The zero-order valence-corrected chi connectivity index (χ0v) is 20.6. The minimum Gasteiger partial charge on any atom is -0.367 e. The van der Waals surface area contributed by atoms with E-state index in [1.54, 1.807) is 18.3 Å². The number of carbonyl (C=O) groups excluding carboxylic acids is 1. The fourth-order valence-corrected chi connectivity index (χ4v) is 4.64. The molecule has 35 heavy (non-hydrogen) atoms. The van der Waals surface area contributed by atoms with Crippen LogP contribution in [0.25, 0.3) is 22.4 Å². The van der Waals surface area contributed by atoms with E-state index in [4.69, 9.17) is 10.7 Å². The Labute approximate surface area is 206 Å². The van der Waals surface area contributed by atoms with Crippen LogP contribution >= 0.6 is 0 Å². The lowest BCUT2D eigenvalue weighted by atomic mass is 9.87. The van der Waals surface area contributed by atoms with Crippen molar-refractivity contribution < 1.29 is 4.79 Å². The molecular formula is C28H32N6O. The second kappa shape index (κ2) is 9.15. The first-order valence-corrected chi connectivity index (χ1v) is 12.1. The number of rotatable bonds is 5. The topological polar surface area (TPSA) is 91.1 Å². The fourth-order valence-electron chi connectivity index (χ4n) is 4.64. The van der Waals surface area contributed by atoms with Crippen LogP contribution in [-0.4, -0.2) is 51.9 Å².